The van der Waals surface area contributed by atoms with Gasteiger partial charge in [0, 0.05) is 29.4 Å². The molecule has 0 radical (unpaired) electrons. The number of hydrogen-bond acceptors (Lipinski definition) is 7. The second-order valence-corrected chi connectivity index (χ2v) is 10.7. The summed E-state index contributed by atoms with van der Waals surface area (Å²) in [5.74, 6) is -0.203. The molecule has 1 amide bonds. The van der Waals surface area contributed by atoms with Gasteiger partial charge in [-0.05, 0) is 45.3 Å². The summed E-state index contributed by atoms with van der Waals surface area (Å²) in [5.41, 5.74) is 4.89. The summed E-state index contributed by atoms with van der Waals surface area (Å²) in [5, 5.41) is 8.00. The van der Waals surface area contributed by atoms with E-state index in [0.717, 1.165) is 35.4 Å². The minimum Gasteiger partial charge on any atom is -0.320 e. The average molecular weight is 603 g/mol. The number of primary sulfonamides is 1. The molecule has 0 saturated carbocycles. The number of aromatic nitrogens is 1. The van der Waals surface area contributed by atoms with E-state index in [0.29, 0.717) is 10.2 Å². The first-order chi connectivity index (χ1) is 16.7. The zero-order valence-corrected chi connectivity index (χ0v) is 22.6. The Bertz CT molecular complexity index is 1290. The third kappa shape index (κ3) is 9.22. The molecule has 10 nitrogen and oxygen atoms in total. The van der Waals surface area contributed by atoms with Crippen LogP contribution in [0, 0.1) is 10.2 Å². The van der Waals surface area contributed by atoms with Crippen LogP contribution in [0.3, 0.4) is 0 Å². The van der Waals surface area contributed by atoms with Crippen molar-refractivity contribution in [1.29, 1.82) is 0 Å². The number of rotatable bonds is 7. The predicted octanol–water partition coefficient (Wildman–Crippen LogP) is -0.941. The molecule has 0 fully saturated rings. The summed E-state index contributed by atoms with van der Waals surface area (Å²) in [6.07, 6.45) is 1.57. The van der Waals surface area contributed by atoms with Gasteiger partial charge in [0.2, 0.25) is 16.6 Å². The van der Waals surface area contributed by atoms with Crippen molar-refractivity contribution in [3.63, 3.8) is 0 Å². The van der Waals surface area contributed by atoms with Gasteiger partial charge in [0.05, 0.1) is 10.6 Å². The number of nitrogens with zero attached hydrogens (tertiary/aromatic N) is 1. The van der Waals surface area contributed by atoms with Crippen LogP contribution in [-0.2, 0) is 34.2 Å². The SMILES string of the molecule is CCc1cc(-c2ccccc2)cc(CC)[n+]1CC(=O)Nc1ccc(S(N)(=O)=O)cc1Br.[O-][Cl+3]([O-])([O-])[O-]. The number of benzene rings is 2. The van der Waals surface area contributed by atoms with Crippen LogP contribution in [0.5, 0.6) is 0 Å². The Balaban J connectivity index is 0.000000830. The third-order valence-electron chi connectivity index (χ3n) is 5.01. The minimum atomic E-state index is -4.94. The van der Waals surface area contributed by atoms with Crippen LogP contribution >= 0.6 is 15.9 Å². The van der Waals surface area contributed by atoms with Crippen LogP contribution in [0.2, 0.25) is 0 Å². The van der Waals surface area contributed by atoms with E-state index in [9.17, 15) is 13.2 Å². The van der Waals surface area contributed by atoms with E-state index < -0.39 is 20.3 Å². The molecule has 194 valence electrons. The lowest BCUT2D eigenvalue weighted by Crippen LogP contribution is -2.68. The van der Waals surface area contributed by atoms with Gasteiger partial charge >= 0.3 is 0 Å². The zero-order valence-electron chi connectivity index (χ0n) is 19.4. The molecule has 0 aliphatic rings. The molecule has 3 N–H and O–H groups in total. The predicted molar refractivity (Wildman–Crippen MR) is 125 cm³/mol. The number of nitrogens with two attached hydrogens (primary N) is 1. The summed E-state index contributed by atoms with van der Waals surface area (Å²) in [7, 11) is -8.76. The lowest BCUT2D eigenvalue weighted by molar-refractivity contribution is -2.00. The zero-order chi connectivity index (χ0) is 27.1. The molecular formula is C23H25BrClN3O7S. The number of pyridine rings is 1. The van der Waals surface area contributed by atoms with Gasteiger partial charge in [-0.3, -0.25) is 4.79 Å². The van der Waals surface area contributed by atoms with Crippen molar-refractivity contribution in [1.82, 2.24) is 0 Å². The van der Waals surface area contributed by atoms with Crippen LogP contribution in [0.25, 0.3) is 11.1 Å². The number of nitrogens with one attached hydrogen (secondary N) is 1. The summed E-state index contributed by atoms with van der Waals surface area (Å²) >= 11 is 3.30. The maximum Gasteiger partial charge on any atom is 0.290 e. The van der Waals surface area contributed by atoms with Crippen molar-refractivity contribution in [3.05, 3.63) is 76.5 Å². The van der Waals surface area contributed by atoms with Gasteiger partial charge in [-0.25, -0.2) is 32.2 Å². The van der Waals surface area contributed by atoms with E-state index in [2.05, 4.69) is 59.4 Å². The molecule has 2 aromatic carbocycles. The fraction of sp³-hybridized carbons (Fsp3) is 0.217. The number of anilines is 1. The second-order valence-electron chi connectivity index (χ2n) is 7.50. The first-order valence-corrected chi connectivity index (χ1v) is 14.1. The quantitative estimate of drug-likeness (QED) is 0.327. The van der Waals surface area contributed by atoms with Gasteiger partial charge in [0.15, 0.2) is 11.4 Å². The Labute approximate surface area is 219 Å². The fourth-order valence-electron chi connectivity index (χ4n) is 3.43. The molecule has 0 bridgehead atoms. The number of aryl methyl sites for hydroxylation is 2. The number of carbonyl (C=O) groups is 1. The van der Waals surface area contributed by atoms with Crippen LogP contribution in [0.15, 0.2) is 70.0 Å². The molecule has 0 atom stereocenters. The summed E-state index contributed by atoms with van der Waals surface area (Å²) in [6, 6.07) is 18.7. The molecule has 0 aliphatic carbocycles. The first kappa shape index (κ1) is 29.8. The third-order valence-corrected chi connectivity index (χ3v) is 6.58. The molecule has 13 heteroatoms. The number of carbonyl (C=O) groups excluding carboxylic acids is 1. The Morgan fingerprint density at radius 3 is 1.92 bits per heavy atom. The molecule has 36 heavy (non-hydrogen) atoms. The summed E-state index contributed by atoms with van der Waals surface area (Å²) < 4.78 is 59.4. The van der Waals surface area contributed by atoms with Gasteiger partial charge < -0.3 is 5.32 Å². The summed E-state index contributed by atoms with van der Waals surface area (Å²) in [4.78, 5) is 12.8. The highest BCUT2D eigenvalue weighted by Gasteiger charge is 2.21. The monoisotopic (exact) mass is 601 g/mol. The summed E-state index contributed by atoms with van der Waals surface area (Å²) in [6.45, 7) is 4.30. The van der Waals surface area contributed by atoms with Crippen molar-refractivity contribution >= 4 is 37.5 Å². The fourth-order valence-corrected chi connectivity index (χ4v) is 4.60. The van der Waals surface area contributed by atoms with Gasteiger partial charge in [0.25, 0.3) is 5.91 Å². The van der Waals surface area contributed by atoms with Crippen molar-refractivity contribution in [3.8, 4) is 11.1 Å². The molecule has 3 aromatic rings. The van der Waals surface area contributed by atoms with E-state index in [-0.39, 0.29) is 17.3 Å². The standard InChI is InChI=1S/C23H24BrN3O3S.ClHO4/c1-3-18-12-17(16-8-6-5-7-9-16)13-19(4-2)27(18)15-23(28)26-22-11-10-20(14-21(22)24)31(25,29)30;2-1(3,4)5/h5-14H,3-4,15H2,1-2H3,(H2-,25,26,28,29,30);(H,2,3,4,5). The molecule has 0 spiro atoms. The smallest absolute Gasteiger partial charge is 0.290 e. The highest BCUT2D eigenvalue weighted by atomic mass is 79.9. The lowest BCUT2D eigenvalue weighted by atomic mass is 10.0. The van der Waals surface area contributed by atoms with Gasteiger partial charge in [-0.15, -0.1) is 10.2 Å². The van der Waals surface area contributed by atoms with E-state index >= 15 is 0 Å². The van der Waals surface area contributed by atoms with Gasteiger partial charge in [0.1, 0.15) is 0 Å². The van der Waals surface area contributed by atoms with Crippen molar-refractivity contribution in [2.75, 3.05) is 5.32 Å². The lowest BCUT2D eigenvalue weighted by Gasteiger charge is -2.17. The maximum atomic E-state index is 12.8. The topological polar surface area (TPSA) is 185 Å². The van der Waals surface area contributed by atoms with E-state index in [1.54, 1.807) is 0 Å². The van der Waals surface area contributed by atoms with E-state index in [1.807, 2.05) is 22.8 Å². The van der Waals surface area contributed by atoms with Gasteiger partial charge in [-0.1, -0.05) is 44.2 Å². The Hall–Kier alpha value is -2.42. The molecule has 0 aliphatic heterocycles. The van der Waals surface area contributed by atoms with Crippen molar-refractivity contribution in [2.24, 2.45) is 5.14 Å². The van der Waals surface area contributed by atoms with Crippen LogP contribution in [0.1, 0.15) is 25.2 Å². The largest absolute Gasteiger partial charge is 0.320 e. The van der Waals surface area contributed by atoms with Crippen LogP contribution < -0.4 is 33.7 Å². The van der Waals surface area contributed by atoms with E-state index in [1.165, 1.54) is 18.2 Å². The number of amides is 1. The molecule has 1 aromatic heterocycles. The first-order valence-electron chi connectivity index (χ1n) is 10.6. The normalized spacial score (nSPS) is 11.4. The highest BCUT2D eigenvalue weighted by molar-refractivity contribution is 9.10. The molecule has 1 heterocycles. The number of halogens is 2. The Kier molecular flexibility index (Phi) is 10.5. The Morgan fingerprint density at radius 1 is 0.944 bits per heavy atom. The van der Waals surface area contributed by atoms with Gasteiger partial charge in [-0.2, -0.15) is 4.57 Å². The molecule has 0 saturated heterocycles. The average Bonchev–Trinajstić information content (AvgIpc) is 2.79. The number of hydrogen-bond donors (Lipinski definition) is 2. The molecule has 0 unspecified atom stereocenters. The molecule has 3 rings (SSSR count). The van der Waals surface area contributed by atoms with E-state index in [4.69, 9.17) is 23.8 Å². The van der Waals surface area contributed by atoms with Crippen molar-refractivity contribution < 1.29 is 46.7 Å². The van der Waals surface area contributed by atoms with Crippen LogP contribution in [0.4, 0.5) is 5.69 Å². The van der Waals surface area contributed by atoms with Crippen LogP contribution in [-0.4, -0.2) is 14.3 Å². The Morgan fingerprint density at radius 2 is 1.47 bits per heavy atom. The minimum absolute atomic E-state index is 0.0233. The van der Waals surface area contributed by atoms with Crippen molar-refractivity contribution in [2.45, 2.75) is 38.1 Å². The molecular weight excluding hydrogens is 578 g/mol. The second kappa shape index (κ2) is 12.7. The number of sulfonamides is 1. The highest BCUT2D eigenvalue weighted by Crippen LogP contribution is 2.25. The maximum absolute atomic E-state index is 12.8.